The lowest BCUT2D eigenvalue weighted by molar-refractivity contribution is 0.577. The van der Waals surface area contributed by atoms with E-state index in [-0.39, 0.29) is 11.8 Å². The van der Waals surface area contributed by atoms with Crippen LogP contribution in [-0.2, 0) is 9.84 Å². The quantitative estimate of drug-likeness (QED) is 0.820. The Morgan fingerprint density at radius 1 is 1.40 bits per heavy atom. The fourth-order valence-electron chi connectivity index (χ4n) is 1.81. The van der Waals surface area contributed by atoms with Crippen LogP contribution < -0.4 is 5.32 Å². The second kappa shape index (κ2) is 4.28. The second-order valence-corrected chi connectivity index (χ2v) is 5.79. The molecular weight excluding hydrogens is 212 g/mol. The summed E-state index contributed by atoms with van der Waals surface area (Å²) < 4.78 is 23.8. The van der Waals surface area contributed by atoms with Gasteiger partial charge in [-0.3, -0.25) is 4.98 Å². The van der Waals surface area contributed by atoms with Gasteiger partial charge < -0.3 is 5.32 Å². The van der Waals surface area contributed by atoms with Gasteiger partial charge in [-0.05, 0) is 31.5 Å². The van der Waals surface area contributed by atoms with E-state index in [1.807, 2.05) is 0 Å². The number of nitrogens with zero attached hydrogens (tertiary/aromatic N) is 1. The van der Waals surface area contributed by atoms with Crippen LogP contribution in [0.3, 0.4) is 0 Å². The lowest BCUT2D eigenvalue weighted by Crippen LogP contribution is -2.29. The molecule has 1 aliphatic rings. The second-order valence-electron chi connectivity index (χ2n) is 3.76. The van der Waals surface area contributed by atoms with Crippen LogP contribution in [-0.4, -0.2) is 31.7 Å². The highest BCUT2D eigenvalue weighted by molar-refractivity contribution is 7.91. The summed E-state index contributed by atoms with van der Waals surface area (Å²) in [6, 6.07) is 3.21. The normalized spacial score (nSPS) is 21.7. The molecule has 1 atom stereocenters. The van der Waals surface area contributed by atoms with Crippen molar-refractivity contribution in [2.75, 3.05) is 12.3 Å². The maximum absolute atomic E-state index is 11.9. The van der Waals surface area contributed by atoms with Crippen molar-refractivity contribution < 1.29 is 8.42 Å². The van der Waals surface area contributed by atoms with Gasteiger partial charge >= 0.3 is 0 Å². The minimum Gasteiger partial charge on any atom is -0.313 e. The molecule has 1 saturated heterocycles. The summed E-state index contributed by atoms with van der Waals surface area (Å²) in [7, 11) is -3.15. The number of hydrogen-bond acceptors (Lipinski definition) is 4. The molecule has 0 radical (unpaired) electrons. The standard InChI is InChI=1S/C10H14N2O2S/c13-15(14,8-9-2-1-5-12-9)10-3-6-11-7-4-10/h3-4,6-7,9,12H,1-2,5,8H2/t9-/m1/s1. The third kappa shape index (κ3) is 2.54. The molecular formula is C10H14N2O2S. The van der Waals surface area contributed by atoms with Gasteiger partial charge in [0.2, 0.25) is 0 Å². The molecule has 1 fully saturated rings. The zero-order valence-electron chi connectivity index (χ0n) is 8.39. The Hall–Kier alpha value is -0.940. The molecule has 0 aromatic carbocycles. The van der Waals surface area contributed by atoms with Crippen molar-refractivity contribution in [1.82, 2.24) is 10.3 Å². The van der Waals surface area contributed by atoms with E-state index in [2.05, 4.69) is 10.3 Å². The van der Waals surface area contributed by atoms with Crippen molar-refractivity contribution >= 4 is 9.84 Å². The molecule has 1 aromatic heterocycles. The van der Waals surface area contributed by atoms with Crippen molar-refractivity contribution in [2.24, 2.45) is 0 Å². The van der Waals surface area contributed by atoms with Gasteiger partial charge in [-0.1, -0.05) is 0 Å². The first kappa shape index (κ1) is 10.6. The smallest absolute Gasteiger partial charge is 0.180 e. The zero-order valence-corrected chi connectivity index (χ0v) is 9.20. The molecule has 0 spiro atoms. The van der Waals surface area contributed by atoms with E-state index in [4.69, 9.17) is 0 Å². The Balaban J connectivity index is 2.13. The van der Waals surface area contributed by atoms with Crippen LogP contribution in [0, 0.1) is 0 Å². The first-order valence-corrected chi connectivity index (χ1v) is 6.70. The molecule has 15 heavy (non-hydrogen) atoms. The van der Waals surface area contributed by atoms with Gasteiger partial charge in [0, 0.05) is 18.4 Å². The number of rotatable bonds is 3. The first-order valence-electron chi connectivity index (χ1n) is 5.05. The molecule has 0 aliphatic carbocycles. The minimum absolute atomic E-state index is 0.114. The molecule has 2 rings (SSSR count). The summed E-state index contributed by atoms with van der Waals surface area (Å²) in [6.07, 6.45) is 5.03. The summed E-state index contributed by atoms with van der Waals surface area (Å²) in [5.41, 5.74) is 0. The fraction of sp³-hybridized carbons (Fsp3) is 0.500. The maximum Gasteiger partial charge on any atom is 0.180 e. The summed E-state index contributed by atoms with van der Waals surface area (Å²) in [5.74, 6) is 0.191. The van der Waals surface area contributed by atoms with Crippen LogP contribution in [0.25, 0.3) is 0 Å². The van der Waals surface area contributed by atoms with Crippen molar-refractivity contribution in [1.29, 1.82) is 0 Å². The van der Waals surface area contributed by atoms with E-state index < -0.39 is 9.84 Å². The topological polar surface area (TPSA) is 59.1 Å². The number of pyridine rings is 1. The minimum atomic E-state index is -3.15. The predicted molar refractivity (Wildman–Crippen MR) is 57.3 cm³/mol. The lowest BCUT2D eigenvalue weighted by atomic mass is 10.3. The van der Waals surface area contributed by atoms with E-state index in [1.54, 1.807) is 12.1 Å². The third-order valence-corrected chi connectivity index (χ3v) is 4.42. The Bertz CT molecular complexity index is 410. The number of nitrogens with one attached hydrogen (secondary N) is 1. The molecule has 82 valence electrons. The molecule has 1 aliphatic heterocycles. The largest absolute Gasteiger partial charge is 0.313 e. The van der Waals surface area contributed by atoms with Crippen LogP contribution in [0.5, 0.6) is 0 Å². The first-order chi connectivity index (χ1) is 7.18. The highest BCUT2D eigenvalue weighted by Gasteiger charge is 2.23. The Kier molecular flexibility index (Phi) is 3.02. The fourth-order valence-corrected chi connectivity index (χ4v) is 3.35. The van der Waals surface area contributed by atoms with Crippen LogP contribution in [0.1, 0.15) is 12.8 Å². The van der Waals surface area contributed by atoms with Crippen molar-refractivity contribution in [3.8, 4) is 0 Å². The summed E-state index contributed by atoms with van der Waals surface area (Å²) >= 11 is 0. The average molecular weight is 226 g/mol. The molecule has 1 aromatic rings. The molecule has 0 saturated carbocycles. The summed E-state index contributed by atoms with van der Waals surface area (Å²) in [6.45, 7) is 0.927. The Morgan fingerprint density at radius 3 is 2.73 bits per heavy atom. The molecule has 1 N–H and O–H groups in total. The monoisotopic (exact) mass is 226 g/mol. The third-order valence-electron chi connectivity index (χ3n) is 2.59. The van der Waals surface area contributed by atoms with Gasteiger partial charge in [-0.2, -0.15) is 0 Å². The summed E-state index contributed by atoms with van der Waals surface area (Å²) in [5, 5.41) is 3.19. The van der Waals surface area contributed by atoms with Gasteiger partial charge in [-0.25, -0.2) is 8.42 Å². The summed E-state index contributed by atoms with van der Waals surface area (Å²) in [4.78, 5) is 4.18. The lowest BCUT2D eigenvalue weighted by Gasteiger charge is -2.10. The Morgan fingerprint density at radius 2 is 2.13 bits per heavy atom. The van der Waals surface area contributed by atoms with Crippen LogP contribution >= 0.6 is 0 Å². The van der Waals surface area contributed by atoms with Crippen LogP contribution in [0.2, 0.25) is 0 Å². The van der Waals surface area contributed by atoms with E-state index in [0.29, 0.717) is 4.90 Å². The molecule has 4 nitrogen and oxygen atoms in total. The number of hydrogen-bond donors (Lipinski definition) is 1. The zero-order chi connectivity index (χ0) is 10.7. The van der Waals surface area contributed by atoms with Crippen LogP contribution in [0.4, 0.5) is 0 Å². The van der Waals surface area contributed by atoms with E-state index >= 15 is 0 Å². The highest BCUT2D eigenvalue weighted by atomic mass is 32.2. The SMILES string of the molecule is O=S(=O)(C[C@H]1CCCN1)c1ccncc1. The van der Waals surface area contributed by atoms with E-state index in [9.17, 15) is 8.42 Å². The molecule has 5 heteroatoms. The van der Waals surface area contributed by atoms with Crippen LogP contribution in [0.15, 0.2) is 29.4 Å². The number of aromatic nitrogens is 1. The number of sulfone groups is 1. The van der Waals surface area contributed by atoms with Gasteiger partial charge in [0.15, 0.2) is 9.84 Å². The van der Waals surface area contributed by atoms with E-state index in [1.165, 1.54) is 12.4 Å². The predicted octanol–water partition coefficient (Wildman–Crippen LogP) is 0.607. The Labute approximate surface area is 89.6 Å². The molecule has 0 amide bonds. The van der Waals surface area contributed by atoms with Crippen molar-refractivity contribution in [3.05, 3.63) is 24.5 Å². The van der Waals surface area contributed by atoms with Gasteiger partial charge in [-0.15, -0.1) is 0 Å². The molecule has 0 unspecified atom stereocenters. The molecule has 0 bridgehead atoms. The van der Waals surface area contributed by atoms with E-state index in [0.717, 1.165) is 19.4 Å². The average Bonchev–Trinajstić information content (AvgIpc) is 2.71. The van der Waals surface area contributed by atoms with Crippen molar-refractivity contribution in [2.45, 2.75) is 23.8 Å². The van der Waals surface area contributed by atoms with Gasteiger partial charge in [0.1, 0.15) is 0 Å². The van der Waals surface area contributed by atoms with Gasteiger partial charge in [0.25, 0.3) is 0 Å². The molecule has 2 heterocycles. The van der Waals surface area contributed by atoms with Crippen molar-refractivity contribution in [3.63, 3.8) is 0 Å². The van der Waals surface area contributed by atoms with Gasteiger partial charge in [0.05, 0.1) is 10.6 Å². The maximum atomic E-state index is 11.9. The highest BCUT2D eigenvalue weighted by Crippen LogP contribution is 2.14.